The zero-order valence-corrected chi connectivity index (χ0v) is 13.7. The minimum atomic E-state index is -4.30. The molecule has 104 valence electrons. The van der Waals surface area contributed by atoms with E-state index in [1.54, 1.807) is 18.2 Å². The molecule has 0 spiro atoms. The normalized spacial score (nSPS) is 10.2. The Morgan fingerprint density at radius 3 is 2.35 bits per heavy atom. The summed E-state index contributed by atoms with van der Waals surface area (Å²) in [5, 5.41) is 2.17. The van der Waals surface area contributed by atoms with Gasteiger partial charge in [0, 0.05) is 12.3 Å². The summed E-state index contributed by atoms with van der Waals surface area (Å²) in [6.45, 7) is -0.0671. The fourth-order valence-corrected chi connectivity index (χ4v) is 1.69. The first-order valence-electron chi connectivity index (χ1n) is 5.37. The molecule has 20 heavy (non-hydrogen) atoms. The van der Waals surface area contributed by atoms with Crippen LogP contribution in [0.1, 0.15) is 16.8 Å². The van der Waals surface area contributed by atoms with Gasteiger partial charge in [0.1, 0.15) is 0 Å². The number of hydrogen-bond donors (Lipinski definition) is 1. The molecule has 1 aromatic rings. The number of benzene rings is 1. The summed E-state index contributed by atoms with van der Waals surface area (Å²) in [4.78, 5) is 22.6. The van der Waals surface area contributed by atoms with E-state index in [9.17, 15) is 22.6 Å². The predicted molar refractivity (Wildman–Crippen MR) is 64.4 cm³/mol. The quantitative estimate of drug-likeness (QED) is 0.211. The van der Waals surface area contributed by atoms with E-state index in [-0.39, 0.29) is 48.1 Å². The van der Waals surface area contributed by atoms with Crippen molar-refractivity contribution in [1.82, 2.24) is 5.32 Å². The zero-order valence-electron chi connectivity index (χ0n) is 10.9. The summed E-state index contributed by atoms with van der Waals surface area (Å²) >= 11 is 0. The molecule has 1 amide bonds. The molecule has 0 unspecified atom stereocenters. The molecule has 0 bridgehead atoms. The third kappa shape index (κ3) is 8.28. The van der Waals surface area contributed by atoms with Gasteiger partial charge in [0.15, 0.2) is 0 Å². The van der Waals surface area contributed by atoms with Gasteiger partial charge in [0.25, 0.3) is 0 Å². The van der Waals surface area contributed by atoms with Crippen molar-refractivity contribution in [3.63, 3.8) is 0 Å². The first-order chi connectivity index (χ1) is 8.88. The molecule has 1 N–H and O–H groups in total. The molecule has 1 aromatic carbocycles. The van der Waals surface area contributed by atoms with Gasteiger partial charge in [-0.1, -0.05) is 18.2 Å². The maximum absolute atomic E-state index is 11.4. The molecule has 0 aliphatic rings. The molecule has 0 aliphatic carbocycles. The summed E-state index contributed by atoms with van der Waals surface area (Å²) in [5.41, 5.74) is 0.222. The van der Waals surface area contributed by atoms with Crippen molar-refractivity contribution in [2.45, 2.75) is 6.42 Å². The fraction of sp³-hybridized carbons (Fsp3) is 0.273. The van der Waals surface area contributed by atoms with Crippen LogP contribution < -0.4 is 34.9 Å². The van der Waals surface area contributed by atoms with Crippen molar-refractivity contribution in [1.29, 1.82) is 0 Å². The summed E-state index contributed by atoms with van der Waals surface area (Å²) in [5.74, 6) is -1.39. The summed E-state index contributed by atoms with van der Waals surface area (Å²) in [6.07, 6.45) is -1.03. The SMILES string of the molecule is O=C(NCCCS(=O)(=O)[O-])OC(=O)c1ccccc1.[Na+]. The van der Waals surface area contributed by atoms with Crippen molar-refractivity contribution in [3.05, 3.63) is 35.9 Å². The molecule has 0 aromatic heterocycles. The Morgan fingerprint density at radius 1 is 1.20 bits per heavy atom. The van der Waals surface area contributed by atoms with Crippen LogP contribution in [-0.2, 0) is 14.9 Å². The maximum atomic E-state index is 11.4. The van der Waals surface area contributed by atoms with E-state index in [4.69, 9.17) is 0 Å². The van der Waals surface area contributed by atoms with Crippen molar-refractivity contribution in [3.8, 4) is 0 Å². The first-order valence-corrected chi connectivity index (χ1v) is 6.95. The summed E-state index contributed by atoms with van der Waals surface area (Å²) in [6, 6.07) is 7.92. The molecular weight excluding hydrogens is 297 g/mol. The van der Waals surface area contributed by atoms with Crippen LogP contribution in [0.5, 0.6) is 0 Å². The van der Waals surface area contributed by atoms with E-state index in [1.165, 1.54) is 12.1 Å². The van der Waals surface area contributed by atoms with Crippen LogP contribution in [0, 0.1) is 0 Å². The third-order valence-electron chi connectivity index (χ3n) is 2.04. The number of ether oxygens (including phenoxy) is 1. The second-order valence-corrected chi connectivity index (χ2v) is 5.11. The summed E-state index contributed by atoms with van der Waals surface area (Å²) in [7, 11) is -4.30. The molecule has 0 saturated heterocycles. The van der Waals surface area contributed by atoms with Gasteiger partial charge in [-0.15, -0.1) is 0 Å². The zero-order chi connectivity index (χ0) is 14.3. The molecule has 7 nitrogen and oxygen atoms in total. The smallest absolute Gasteiger partial charge is 0.748 e. The Hall–Kier alpha value is -0.930. The number of esters is 1. The number of carbonyl (C=O) groups is 2. The number of hydrogen-bond acceptors (Lipinski definition) is 6. The molecule has 9 heteroatoms. The van der Waals surface area contributed by atoms with E-state index in [0.717, 1.165) is 0 Å². The first kappa shape index (κ1) is 19.1. The molecule has 0 fully saturated rings. The monoisotopic (exact) mass is 309 g/mol. The molecule has 0 radical (unpaired) electrons. The van der Waals surface area contributed by atoms with Crippen molar-refractivity contribution in [2.24, 2.45) is 0 Å². The standard InChI is InChI=1S/C11H13NO6S.Na/c13-10(9-5-2-1-3-6-9)18-11(14)12-7-4-8-19(15,16)17;/h1-3,5-6H,4,7-8H2,(H,12,14)(H,15,16,17);/q;+1/p-1. The van der Waals surface area contributed by atoms with Gasteiger partial charge in [-0.2, -0.15) is 0 Å². The number of nitrogens with one attached hydrogen (secondary N) is 1. The number of alkyl carbamates (subject to hydrolysis) is 1. The Balaban J connectivity index is 0.00000361. The Kier molecular flexibility index (Phi) is 8.67. The van der Waals surface area contributed by atoms with E-state index in [0.29, 0.717) is 0 Å². The van der Waals surface area contributed by atoms with Gasteiger partial charge < -0.3 is 14.6 Å². The number of amides is 1. The van der Waals surface area contributed by atoms with Crippen LogP contribution in [0.2, 0.25) is 0 Å². The maximum Gasteiger partial charge on any atom is 1.00 e. The van der Waals surface area contributed by atoms with Crippen LogP contribution in [0.15, 0.2) is 30.3 Å². The number of rotatable bonds is 5. The van der Waals surface area contributed by atoms with Crippen LogP contribution in [0.3, 0.4) is 0 Å². The molecule has 0 aliphatic heterocycles. The van der Waals surface area contributed by atoms with Gasteiger partial charge in [0.05, 0.1) is 15.7 Å². The Morgan fingerprint density at radius 2 is 1.80 bits per heavy atom. The van der Waals surface area contributed by atoms with Gasteiger partial charge in [-0.25, -0.2) is 18.0 Å². The van der Waals surface area contributed by atoms with E-state index >= 15 is 0 Å². The Labute approximate surface area is 138 Å². The van der Waals surface area contributed by atoms with Crippen LogP contribution in [-0.4, -0.2) is 37.3 Å². The van der Waals surface area contributed by atoms with Crippen LogP contribution in [0.4, 0.5) is 4.79 Å². The minimum absolute atomic E-state index is 0. The average molecular weight is 309 g/mol. The van der Waals surface area contributed by atoms with E-state index < -0.39 is 27.9 Å². The van der Waals surface area contributed by atoms with Crippen molar-refractivity contribution < 1.29 is 56.9 Å². The molecule has 0 atom stereocenters. The van der Waals surface area contributed by atoms with Gasteiger partial charge >= 0.3 is 41.6 Å². The third-order valence-corrected chi connectivity index (χ3v) is 2.82. The molecule has 1 rings (SSSR count). The average Bonchev–Trinajstić information content (AvgIpc) is 2.34. The van der Waals surface area contributed by atoms with E-state index in [1.807, 2.05) is 0 Å². The number of carbonyl (C=O) groups excluding carboxylic acids is 2. The Bertz CT molecular complexity index is 545. The second-order valence-electron chi connectivity index (χ2n) is 3.59. The molecular formula is C11H12NNaO6S. The second kappa shape index (κ2) is 9.09. The van der Waals surface area contributed by atoms with Gasteiger partial charge in [-0.05, 0) is 18.6 Å². The largest absolute Gasteiger partial charge is 1.00 e. The van der Waals surface area contributed by atoms with Gasteiger partial charge in [-0.3, -0.25) is 0 Å². The predicted octanol–water partition coefficient (Wildman–Crippen LogP) is -2.51. The van der Waals surface area contributed by atoms with Crippen molar-refractivity contribution >= 4 is 22.2 Å². The van der Waals surface area contributed by atoms with Crippen molar-refractivity contribution in [2.75, 3.05) is 12.3 Å². The molecule has 0 heterocycles. The van der Waals surface area contributed by atoms with E-state index in [2.05, 4.69) is 10.1 Å². The fourth-order valence-electron chi connectivity index (χ4n) is 1.19. The summed E-state index contributed by atoms with van der Waals surface area (Å²) < 4.78 is 35.3. The van der Waals surface area contributed by atoms with Crippen LogP contribution >= 0.6 is 0 Å². The molecule has 0 saturated carbocycles. The van der Waals surface area contributed by atoms with Gasteiger partial charge in [0.2, 0.25) is 0 Å². The minimum Gasteiger partial charge on any atom is -0.748 e. The topological polar surface area (TPSA) is 113 Å². The van der Waals surface area contributed by atoms with Crippen LogP contribution in [0.25, 0.3) is 0 Å².